The van der Waals surface area contributed by atoms with Gasteiger partial charge in [0.1, 0.15) is 0 Å². The third-order valence-electron chi connectivity index (χ3n) is 3.03. The normalized spacial score (nSPS) is 10.2. The fraction of sp³-hybridized carbons (Fsp3) is 0.267. The van der Waals surface area contributed by atoms with Gasteiger partial charge < -0.3 is 10.6 Å². The molecule has 2 amide bonds. The Morgan fingerprint density at radius 1 is 1.10 bits per heavy atom. The van der Waals surface area contributed by atoms with Gasteiger partial charge in [0.05, 0.1) is 24.1 Å². The molecule has 0 saturated heterocycles. The predicted octanol–water partition coefficient (Wildman–Crippen LogP) is 2.72. The van der Waals surface area contributed by atoms with Crippen LogP contribution in [0.25, 0.3) is 0 Å². The molecule has 5 nitrogen and oxygen atoms in total. The van der Waals surface area contributed by atoms with Crippen molar-refractivity contribution in [3.05, 3.63) is 53.1 Å². The number of aryl methyl sites for hydroxylation is 3. The van der Waals surface area contributed by atoms with Gasteiger partial charge in [-0.2, -0.15) is 0 Å². The first-order chi connectivity index (χ1) is 9.54. The summed E-state index contributed by atoms with van der Waals surface area (Å²) in [6, 6.07) is 5.56. The van der Waals surface area contributed by atoms with E-state index in [1.165, 1.54) is 5.56 Å². The summed E-state index contributed by atoms with van der Waals surface area (Å²) in [5.74, 6) is 0. The number of carbonyl (C=O) groups excluding carboxylic acids is 1. The Balaban J connectivity index is 1.89. The van der Waals surface area contributed by atoms with Crippen molar-refractivity contribution in [1.82, 2.24) is 15.3 Å². The number of anilines is 1. The van der Waals surface area contributed by atoms with Crippen LogP contribution in [-0.4, -0.2) is 16.0 Å². The monoisotopic (exact) mass is 270 g/mol. The van der Waals surface area contributed by atoms with Crippen LogP contribution in [0.1, 0.15) is 22.5 Å². The van der Waals surface area contributed by atoms with Gasteiger partial charge in [-0.3, -0.25) is 9.97 Å². The van der Waals surface area contributed by atoms with E-state index in [0.717, 1.165) is 22.6 Å². The summed E-state index contributed by atoms with van der Waals surface area (Å²) in [5, 5.41) is 5.54. The van der Waals surface area contributed by atoms with Crippen molar-refractivity contribution in [1.29, 1.82) is 0 Å². The second-order valence-corrected chi connectivity index (χ2v) is 4.76. The minimum atomic E-state index is -0.254. The number of hydrogen-bond donors (Lipinski definition) is 2. The average Bonchev–Trinajstić information content (AvgIpc) is 2.42. The summed E-state index contributed by atoms with van der Waals surface area (Å²) in [6.45, 7) is 6.27. The van der Waals surface area contributed by atoms with Crippen LogP contribution in [0, 0.1) is 20.8 Å². The standard InChI is InChI=1S/C15H18N4O/c1-10-4-5-13(6-11(10)2)19-15(20)18-9-14-8-16-12(3)7-17-14/h4-8H,9H2,1-3H3,(H2,18,19,20). The number of hydrogen-bond acceptors (Lipinski definition) is 3. The Labute approximate surface area is 118 Å². The maximum Gasteiger partial charge on any atom is 0.319 e. The van der Waals surface area contributed by atoms with Crippen LogP contribution in [0.3, 0.4) is 0 Å². The number of carbonyl (C=O) groups is 1. The fourth-order valence-electron chi connectivity index (χ4n) is 1.68. The highest BCUT2D eigenvalue weighted by Gasteiger charge is 2.03. The van der Waals surface area contributed by atoms with E-state index < -0.39 is 0 Å². The molecule has 0 bridgehead atoms. The lowest BCUT2D eigenvalue weighted by Gasteiger charge is -2.09. The lowest BCUT2D eigenvalue weighted by atomic mass is 10.1. The van der Waals surface area contributed by atoms with Gasteiger partial charge in [0.25, 0.3) is 0 Å². The van der Waals surface area contributed by atoms with Crippen molar-refractivity contribution in [2.24, 2.45) is 0 Å². The highest BCUT2D eigenvalue weighted by atomic mass is 16.2. The summed E-state index contributed by atoms with van der Waals surface area (Å²) in [4.78, 5) is 20.1. The number of urea groups is 1. The molecule has 0 spiro atoms. The molecular formula is C15H18N4O. The molecular weight excluding hydrogens is 252 g/mol. The Morgan fingerprint density at radius 3 is 2.55 bits per heavy atom. The highest BCUT2D eigenvalue weighted by Crippen LogP contribution is 2.13. The van der Waals surface area contributed by atoms with Gasteiger partial charge in [0.2, 0.25) is 0 Å². The summed E-state index contributed by atoms with van der Waals surface area (Å²) in [7, 11) is 0. The molecule has 20 heavy (non-hydrogen) atoms. The molecule has 0 atom stereocenters. The average molecular weight is 270 g/mol. The van der Waals surface area contributed by atoms with Crippen LogP contribution in [-0.2, 0) is 6.54 Å². The number of nitrogens with one attached hydrogen (secondary N) is 2. The van der Waals surface area contributed by atoms with Gasteiger partial charge in [-0.05, 0) is 44.0 Å². The van der Waals surface area contributed by atoms with Gasteiger partial charge in [0.15, 0.2) is 0 Å². The lowest BCUT2D eigenvalue weighted by Crippen LogP contribution is -2.28. The number of benzene rings is 1. The molecule has 1 aromatic carbocycles. The van der Waals surface area contributed by atoms with Crippen LogP contribution in [0.5, 0.6) is 0 Å². The maximum atomic E-state index is 11.8. The Bertz CT molecular complexity index is 608. The molecule has 1 heterocycles. The molecule has 5 heteroatoms. The summed E-state index contributed by atoms with van der Waals surface area (Å²) in [5.41, 5.74) is 4.71. The first-order valence-electron chi connectivity index (χ1n) is 6.44. The zero-order valence-corrected chi connectivity index (χ0v) is 11.9. The van der Waals surface area contributed by atoms with Gasteiger partial charge in [-0.1, -0.05) is 6.07 Å². The van der Waals surface area contributed by atoms with Crippen molar-refractivity contribution < 1.29 is 4.79 Å². The van der Waals surface area contributed by atoms with E-state index >= 15 is 0 Å². The SMILES string of the molecule is Cc1cnc(CNC(=O)Nc2ccc(C)c(C)c2)cn1. The van der Waals surface area contributed by atoms with Crippen molar-refractivity contribution in [2.75, 3.05) is 5.32 Å². The Kier molecular flexibility index (Phi) is 4.30. The molecule has 0 aliphatic heterocycles. The molecule has 0 fully saturated rings. The smallest absolute Gasteiger partial charge is 0.319 e. The van der Waals surface area contributed by atoms with Crippen molar-refractivity contribution in [3.8, 4) is 0 Å². The molecule has 0 radical (unpaired) electrons. The van der Waals surface area contributed by atoms with Gasteiger partial charge in [0, 0.05) is 11.9 Å². The third kappa shape index (κ3) is 3.78. The molecule has 2 N–H and O–H groups in total. The molecule has 0 saturated carbocycles. The van der Waals surface area contributed by atoms with E-state index in [9.17, 15) is 4.79 Å². The molecule has 2 rings (SSSR count). The minimum absolute atomic E-state index is 0.254. The molecule has 0 aliphatic carbocycles. The minimum Gasteiger partial charge on any atom is -0.332 e. The Morgan fingerprint density at radius 2 is 1.90 bits per heavy atom. The zero-order chi connectivity index (χ0) is 14.5. The van der Waals surface area contributed by atoms with Crippen LogP contribution in [0.15, 0.2) is 30.6 Å². The molecule has 0 unspecified atom stereocenters. The van der Waals surface area contributed by atoms with Crippen molar-refractivity contribution >= 4 is 11.7 Å². The van der Waals surface area contributed by atoms with Crippen LogP contribution in [0.4, 0.5) is 10.5 Å². The maximum absolute atomic E-state index is 11.8. The summed E-state index contributed by atoms with van der Waals surface area (Å²) < 4.78 is 0. The summed E-state index contributed by atoms with van der Waals surface area (Å²) >= 11 is 0. The van der Waals surface area contributed by atoms with Crippen molar-refractivity contribution in [3.63, 3.8) is 0 Å². The topological polar surface area (TPSA) is 66.9 Å². The van der Waals surface area contributed by atoms with Crippen molar-refractivity contribution in [2.45, 2.75) is 27.3 Å². The quantitative estimate of drug-likeness (QED) is 0.901. The number of nitrogens with zero attached hydrogens (tertiary/aromatic N) is 2. The Hall–Kier alpha value is -2.43. The number of rotatable bonds is 3. The molecule has 104 valence electrons. The van der Waals surface area contributed by atoms with Crippen LogP contribution >= 0.6 is 0 Å². The van der Waals surface area contributed by atoms with E-state index in [4.69, 9.17) is 0 Å². The van der Waals surface area contributed by atoms with E-state index in [1.807, 2.05) is 39.0 Å². The van der Waals surface area contributed by atoms with Crippen LogP contribution < -0.4 is 10.6 Å². The zero-order valence-electron chi connectivity index (χ0n) is 11.9. The second-order valence-electron chi connectivity index (χ2n) is 4.76. The second kappa shape index (κ2) is 6.14. The highest BCUT2D eigenvalue weighted by molar-refractivity contribution is 5.89. The predicted molar refractivity (Wildman–Crippen MR) is 78.5 cm³/mol. The molecule has 0 aliphatic rings. The van der Waals surface area contributed by atoms with E-state index in [2.05, 4.69) is 20.6 Å². The third-order valence-corrected chi connectivity index (χ3v) is 3.03. The molecule has 1 aromatic heterocycles. The lowest BCUT2D eigenvalue weighted by molar-refractivity contribution is 0.251. The van der Waals surface area contributed by atoms with Crippen LogP contribution in [0.2, 0.25) is 0 Å². The first kappa shape index (κ1) is 14.0. The van der Waals surface area contributed by atoms with Gasteiger partial charge in [-0.25, -0.2) is 4.79 Å². The number of amides is 2. The van der Waals surface area contributed by atoms with E-state index in [0.29, 0.717) is 6.54 Å². The largest absolute Gasteiger partial charge is 0.332 e. The van der Waals surface area contributed by atoms with Gasteiger partial charge in [-0.15, -0.1) is 0 Å². The molecule has 2 aromatic rings. The first-order valence-corrected chi connectivity index (χ1v) is 6.44. The number of aromatic nitrogens is 2. The van der Waals surface area contributed by atoms with Gasteiger partial charge >= 0.3 is 6.03 Å². The summed E-state index contributed by atoms with van der Waals surface area (Å²) in [6.07, 6.45) is 3.34. The fourth-order valence-corrected chi connectivity index (χ4v) is 1.68. The van der Waals surface area contributed by atoms with E-state index in [-0.39, 0.29) is 6.03 Å². The van der Waals surface area contributed by atoms with E-state index in [1.54, 1.807) is 12.4 Å².